The fourth-order valence-electron chi connectivity index (χ4n) is 15.2. The molecule has 0 unspecified atom stereocenters. The summed E-state index contributed by atoms with van der Waals surface area (Å²) in [5.74, 6) is -0.638. The van der Waals surface area contributed by atoms with Crippen LogP contribution in [-0.4, -0.2) is 88.4 Å². The number of Topliss-reactive ketones (excluding diaryl/α,β-unsaturated/α-hetero) is 2. The Labute approximate surface area is 685 Å². The minimum absolute atomic E-state index is 0. The van der Waals surface area contributed by atoms with E-state index in [-0.39, 0.29) is 76.3 Å². The van der Waals surface area contributed by atoms with Crippen LogP contribution < -0.4 is 16.0 Å². The predicted molar refractivity (Wildman–Crippen MR) is 469 cm³/mol. The number of aromatic amines is 1. The lowest BCUT2D eigenvalue weighted by atomic mass is 9.88. The van der Waals surface area contributed by atoms with Crippen LogP contribution in [0.1, 0.15) is 178 Å². The van der Waals surface area contributed by atoms with Gasteiger partial charge in [-0.15, -0.1) is 0 Å². The Balaban J connectivity index is 0.000000162. The fraction of sp³-hybridized carbons (Fsp3) is 0.273. The van der Waals surface area contributed by atoms with Gasteiger partial charge >= 0.3 is 0 Å². The van der Waals surface area contributed by atoms with Crippen LogP contribution in [0.2, 0.25) is 0 Å². The van der Waals surface area contributed by atoms with Crippen molar-refractivity contribution in [3.63, 3.8) is 0 Å². The van der Waals surface area contributed by atoms with Crippen LogP contribution in [0.3, 0.4) is 0 Å². The number of amides is 4. The summed E-state index contributed by atoms with van der Waals surface area (Å²) in [5.41, 5.74) is 14.8. The quantitative estimate of drug-likeness (QED) is 0.0535. The maximum atomic E-state index is 13.7. The van der Waals surface area contributed by atoms with Crippen molar-refractivity contribution in [3.05, 3.63) is 251 Å². The molecule has 6 aromatic heterocycles. The number of rotatable bonds is 20. The highest BCUT2D eigenvalue weighted by Gasteiger charge is 2.31. The lowest BCUT2D eigenvalue weighted by Gasteiger charge is -2.29. The maximum Gasteiger partial charge on any atom is 0.255 e. The van der Waals surface area contributed by atoms with Gasteiger partial charge in [-0.05, 0) is 200 Å². The number of hydrogen-bond acceptors (Lipinski definition) is 9. The summed E-state index contributed by atoms with van der Waals surface area (Å²) in [6.07, 6.45) is 8.41. The lowest BCUT2D eigenvalue weighted by molar-refractivity contribution is 0.0706. The van der Waals surface area contributed by atoms with Gasteiger partial charge in [0.05, 0.1) is 33.2 Å². The van der Waals surface area contributed by atoms with E-state index in [0.717, 1.165) is 92.0 Å². The van der Waals surface area contributed by atoms with Crippen LogP contribution in [0.25, 0.3) is 133 Å². The predicted octanol–water partition coefficient (Wildman–Crippen LogP) is 24.4. The highest BCUT2D eigenvalue weighted by molar-refractivity contribution is 6.23. The van der Waals surface area contributed by atoms with Gasteiger partial charge in [0.2, 0.25) is 0 Å². The first-order valence-electron chi connectivity index (χ1n) is 39.7. The summed E-state index contributed by atoms with van der Waals surface area (Å²) >= 11 is 0. The number of nitrogens with one attached hydrogen (secondary N) is 4. The number of benzene rings is 9. The zero-order valence-corrected chi connectivity index (χ0v) is 68.9. The third-order valence-corrected chi connectivity index (χ3v) is 21.2. The summed E-state index contributed by atoms with van der Waals surface area (Å²) < 4.78 is 64.3. The van der Waals surface area contributed by atoms with Crippen molar-refractivity contribution in [3.8, 4) is 67.4 Å². The van der Waals surface area contributed by atoms with Crippen molar-refractivity contribution in [2.45, 2.75) is 129 Å². The van der Waals surface area contributed by atoms with Gasteiger partial charge in [0, 0.05) is 161 Å². The number of carbonyl (C=O) groups is 6. The third-order valence-electron chi connectivity index (χ3n) is 21.2. The highest BCUT2D eigenvalue weighted by Crippen LogP contribution is 2.47. The van der Waals surface area contributed by atoms with Crippen LogP contribution >= 0.6 is 0 Å². The van der Waals surface area contributed by atoms with Crippen molar-refractivity contribution in [1.29, 1.82) is 0 Å². The van der Waals surface area contributed by atoms with Gasteiger partial charge in [0.15, 0.2) is 11.6 Å². The van der Waals surface area contributed by atoms with E-state index in [1.54, 1.807) is 57.5 Å². The molecular weight excluding hydrogens is 1490 g/mol. The van der Waals surface area contributed by atoms with E-state index in [1.807, 2.05) is 140 Å². The molecule has 0 atom stereocenters. The summed E-state index contributed by atoms with van der Waals surface area (Å²) in [6, 6.07) is 52.5. The van der Waals surface area contributed by atoms with Crippen LogP contribution in [0, 0.1) is 33.7 Å². The third kappa shape index (κ3) is 17.5. The Morgan fingerprint density at radius 1 is 0.407 bits per heavy atom. The van der Waals surface area contributed by atoms with Crippen molar-refractivity contribution >= 4 is 101 Å². The van der Waals surface area contributed by atoms with Crippen LogP contribution in [-0.2, 0) is 13.1 Å². The maximum absolute atomic E-state index is 13.7. The zero-order valence-electron chi connectivity index (χ0n) is 68.9. The first kappa shape index (κ1) is 84.6. The minimum atomic E-state index is -0.367. The molecule has 0 spiro atoms. The zero-order chi connectivity index (χ0) is 83.7. The van der Waals surface area contributed by atoms with Crippen molar-refractivity contribution in [2.75, 3.05) is 34.2 Å². The van der Waals surface area contributed by atoms with E-state index < -0.39 is 0 Å². The Kier molecular flexibility index (Phi) is 24.8. The molecule has 15 aromatic rings. The molecule has 0 radical (unpaired) electrons. The second kappa shape index (κ2) is 34.6. The lowest BCUT2D eigenvalue weighted by Crippen LogP contribution is -2.37. The molecule has 19 heteroatoms. The largest absolute Gasteiger partial charge is 0.454 e. The van der Waals surface area contributed by atoms with Crippen LogP contribution in [0.5, 0.6) is 0 Å². The SMILES string of the molecule is C.CCN(CC(C)(C)C)C(=O)c1cccc(-c2cc3c(C(=O)NC)c(-c4ccc(F)cc4)oc3c3ccn(CC)c23)c1.CCn1ccc2c3oc(-c4ccc(F)cc4)c(C(=O)NC)c3cc(-c3cccc(C(=O)CCC(C)(C)C)c3)c21.CNC(=O)c1c(-c2ccc(F)cc2)oc2c1cc(-c1cccc(C(=O)CCC(C)(C)C)c1)c1[nH]ccc12. The minimum Gasteiger partial charge on any atom is -0.454 e. The number of nitrogens with zero attached hydrogens (tertiary/aromatic N) is 3. The summed E-state index contributed by atoms with van der Waals surface area (Å²) in [5, 5.41) is 12.7. The second-order valence-corrected chi connectivity index (χ2v) is 33.2. The van der Waals surface area contributed by atoms with E-state index in [1.165, 1.54) is 36.4 Å². The molecule has 15 rings (SSSR count). The Bertz CT molecular complexity index is 6310. The van der Waals surface area contributed by atoms with Gasteiger partial charge in [-0.3, -0.25) is 28.8 Å². The molecule has 0 aliphatic rings. The standard InChI is InChI=1S/C34H36FN3O3.C33H33FN2O3.C31H29FN2O3.CH4/c1-7-37-17-16-25-29(37)26(22-10-9-11-23(18-22)33(40)38(8-2)20-34(3,4)5)19-27-28(32(39)36-6)30(41-31(25)27)21-12-14-24(35)15-13-21;1-6-36-17-15-24-29(36)25(21-8-7-9-22(18-21)27(37)14-16-33(2,3)4)19-26-28(32(38)35-5)30(39-31(24)26)20-10-12-23(34)13-11-20;1-31(2,3)14-12-25(35)20-7-5-6-19(16-20)23-17-24-26(30(36)33-4)28(18-8-10-21(32)11-9-18)37-29(24)22-13-15-34-27(22)23;/h9-19H,7-8,20H2,1-6H3,(H,36,39);7-13,15,17-19H,6,14,16H2,1-5H3,(H,35,38);5-11,13,15-17,34H,12,14H2,1-4H3,(H,33,36);1H4. The monoisotopic (exact) mass is 1590 g/mol. The number of carbonyl (C=O) groups excluding carboxylic acids is 6. The molecule has 0 aliphatic carbocycles. The van der Waals surface area contributed by atoms with Gasteiger partial charge in [-0.2, -0.15) is 0 Å². The smallest absolute Gasteiger partial charge is 0.255 e. The van der Waals surface area contributed by atoms with E-state index in [0.29, 0.717) is 126 Å². The average molecular weight is 1590 g/mol. The topological polar surface area (TPSA) is 207 Å². The number of furan rings is 3. The molecule has 0 aliphatic heterocycles. The highest BCUT2D eigenvalue weighted by atomic mass is 19.1. The number of fused-ring (bicyclic) bond motifs is 9. The van der Waals surface area contributed by atoms with Crippen LogP contribution in [0.4, 0.5) is 13.2 Å². The van der Waals surface area contributed by atoms with Crippen molar-refractivity contribution in [2.24, 2.45) is 16.2 Å². The van der Waals surface area contributed by atoms with E-state index in [2.05, 4.69) is 106 Å². The molecule has 4 amide bonds. The van der Waals surface area contributed by atoms with Gasteiger partial charge in [0.25, 0.3) is 23.6 Å². The number of aryl methyl sites for hydroxylation is 2. The molecule has 0 bridgehead atoms. The van der Waals surface area contributed by atoms with Crippen molar-refractivity contribution < 1.29 is 55.2 Å². The molecule has 0 fully saturated rings. The van der Waals surface area contributed by atoms with Gasteiger partial charge in [-0.1, -0.05) is 118 Å². The molecule has 608 valence electrons. The molecule has 16 nitrogen and oxygen atoms in total. The first-order valence-corrected chi connectivity index (χ1v) is 39.7. The molecule has 9 aromatic carbocycles. The number of H-pyrrole nitrogens is 1. The van der Waals surface area contributed by atoms with Gasteiger partial charge in [0.1, 0.15) is 51.5 Å². The number of ketones is 2. The Hall–Kier alpha value is -12.8. The number of hydrogen-bond donors (Lipinski definition) is 4. The van der Waals surface area contributed by atoms with Gasteiger partial charge < -0.3 is 48.2 Å². The second-order valence-electron chi connectivity index (χ2n) is 33.2. The van der Waals surface area contributed by atoms with E-state index in [9.17, 15) is 41.9 Å². The number of halogens is 3. The summed E-state index contributed by atoms with van der Waals surface area (Å²) in [7, 11) is 4.72. The molecule has 0 saturated heterocycles. The molecule has 4 N–H and O–H groups in total. The molecular formula is C99H102F3N7O9. The summed E-state index contributed by atoms with van der Waals surface area (Å²) in [6.45, 7) is 28.0. The average Bonchev–Trinajstić information content (AvgIpc) is 1.61. The molecule has 0 saturated carbocycles. The Morgan fingerprint density at radius 3 is 1.10 bits per heavy atom. The van der Waals surface area contributed by atoms with Gasteiger partial charge in [-0.25, -0.2) is 13.2 Å². The normalized spacial score (nSPS) is 11.7. The number of aromatic nitrogens is 3. The van der Waals surface area contributed by atoms with E-state index >= 15 is 0 Å². The first-order chi connectivity index (χ1) is 55.8. The molecule has 118 heavy (non-hydrogen) atoms. The fourth-order valence-corrected chi connectivity index (χ4v) is 15.2. The van der Waals surface area contributed by atoms with E-state index in [4.69, 9.17) is 13.3 Å². The Morgan fingerprint density at radius 2 is 0.754 bits per heavy atom. The molecule has 6 heterocycles. The van der Waals surface area contributed by atoms with Crippen molar-refractivity contribution in [1.82, 2.24) is 35.0 Å². The van der Waals surface area contributed by atoms with Crippen LogP contribution in [0.15, 0.2) is 214 Å². The summed E-state index contributed by atoms with van der Waals surface area (Å²) in [4.78, 5) is 84.3.